The van der Waals surface area contributed by atoms with E-state index in [0.717, 1.165) is 0 Å². The van der Waals surface area contributed by atoms with Crippen molar-refractivity contribution in [1.29, 1.82) is 0 Å². The number of anilines is 1. The molecule has 35 heavy (non-hydrogen) atoms. The van der Waals surface area contributed by atoms with Crippen molar-refractivity contribution in [2.24, 2.45) is 0 Å². The van der Waals surface area contributed by atoms with Gasteiger partial charge in [-0.25, -0.2) is 14.4 Å². The molecule has 0 radical (unpaired) electrons. The SMILES string of the molecule is CCOC(=O)c1c2ccc(CC(=O)[N+]([O-])(OCC)N3CCOCC3)ccc-2c(C(=O)OCC)c1N. The summed E-state index contributed by atoms with van der Waals surface area (Å²) in [7, 11) is 0. The maximum atomic E-state index is 13.4. The number of ether oxygens (including phenoxy) is 3. The van der Waals surface area contributed by atoms with Gasteiger partial charge < -0.3 is 25.2 Å². The molecule has 1 atom stereocenters. The molecule has 11 heteroatoms. The Hall–Kier alpha value is -3.09. The smallest absolute Gasteiger partial charge is 0.370 e. The molecule has 2 N–H and O–H groups in total. The molecule has 0 bridgehead atoms. The number of hydrogen-bond donors (Lipinski definition) is 1. The Labute approximate surface area is 203 Å². The van der Waals surface area contributed by atoms with Gasteiger partial charge >= 0.3 is 17.8 Å². The van der Waals surface area contributed by atoms with E-state index in [-0.39, 0.29) is 56.1 Å². The second-order valence-electron chi connectivity index (χ2n) is 7.75. The van der Waals surface area contributed by atoms with E-state index in [1.165, 1.54) is 5.01 Å². The van der Waals surface area contributed by atoms with Crippen molar-refractivity contribution in [1.82, 2.24) is 5.01 Å². The molecule has 3 aliphatic rings. The van der Waals surface area contributed by atoms with E-state index in [4.69, 9.17) is 24.8 Å². The van der Waals surface area contributed by atoms with E-state index in [1.807, 2.05) is 0 Å². The number of amides is 1. The molecular formula is C24H31N3O8. The molecule has 0 aromatic heterocycles. The number of fused-ring (bicyclic) bond motifs is 1. The highest BCUT2D eigenvalue weighted by Crippen LogP contribution is 2.39. The summed E-state index contributed by atoms with van der Waals surface area (Å²) in [4.78, 5) is 42.2. The Morgan fingerprint density at radius 3 is 1.91 bits per heavy atom. The number of hydrogen-bond acceptors (Lipinski definition) is 10. The van der Waals surface area contributed by atoms with E-state index in [9.17, 15) is 19.6 Å². The molecule has 1 unspecified atom stereocenters. The first-order chi connectivity index (χ1) is 16.8. The highest BCUT2D eigenvalue weighted by molar-refractivity contribution is 6.15. The van der Waals surface area contributed by atoms with Gasteiger partial charge in [-0.15, -0.1) is 5.01 Å². The van der Waals surface area contributed by atoms with Gasteiger partial charge in [0.2, 0.25) is 0 Å². The van der Waals surface area contributed by atoms with Gasteiger partial charge in [-0.2, -0.15) is 4.84 Å². The average molecular weight is 490 g/mol. The molecule has 0 aromatic rings. The Morgan fingerprint density at radius 1 is 0.943 bits per heavy atom. The lowest BCUT2D eigenvalue weighted by molar-refractivity contribution is -1.10. The van der Waals surface area contributed by atoms with Crippen molar-refractivity contribution in [3.05, 3.63) is 46.2 Å². The highest BCUT2D eigenvalue weighted by atomic mass is 17.0. The van der Waals surface area contributed by atoms with Crippen molar-refractivity contribution in [2.75, 3.05) is 51.9 Å². The zero-order valence-electron chi connectivity index (χ0n) is 20.2. The van der Waals surface area contributed by atoms with Crippen LogP contribution in [0.2, 0.25) is 0 Å². The number of nitrogen functional groups attached to an aromatic ring is 1. The number of carbonyl (C=O) groups excluding carboxylic acids is 3. The third-order valence-corrected chi connectivity index (χ3v) is 5.59. The number of rotatable bonds is 9. The van der Waals surface area contributed by atoms with Crippen molar-refractivity contribution in [2.45, 2.75) is 27.2 Å². The number of quaternary nitrogens is 1. The van der Waals surface area contributed by atoms with E-state index in [1.54, 1.807) is 45.0 Å². The molecular weight excluding hydrogens is 458 g/mol. The minimum Gasteiger partial charge on any atom is -0.570 e. The number of nitrogens with zero attached hydrogens (tertiary/aromatic N) is 2. The van der Waals surface area contributed by atoms with Crippen LogP contribution in [0.5, 0.6) is 0 Å². The lowest BCUT2D eigenvalue weighted by Gasteiger charge is -2.44. The topological polar surface area (TPSA) is 140 Å². The van der Waals surface area contributed by atoms with Gasteiger partial charge in [0.15, 0.2) is 0 Å². The number of morpholine rings is 1. The van der Waals surface area contributed by atoms with Crippen LogP contribution >= 0.6 is 0 Å². The summed E-state index contributed by atoms with van der Waals surface area (Å²) in [6, 6.07) is 6.37. The second kappa shape index (κ2) is 11.6. The van der Waals surface area contributed by atoms with Crippen LogP contribution in [0.25, 0.3) is 11.1 Å². The lowest BCUT2D eigenvalue weighted by Crippen LogP contribution is -2.62. The highest BCUT2D eigenvalue weighted by Gasteiger charge is 2.39. The summed E-state index contributed by atoms with van der Waals surface area (Å²) in [5, 5.41) is 14.8. The molecule has 0 aromatic carbocycles. The normalized spacial score (nSPS) is 16.0. The van der Waals surface area contributed by atoms with Gasteiger partial charge in [-0.1, -0.05) is 29.2 Å². The number of esters is 2. The van der Waals surface area contributed by atoms with Gasteiger partial charge in [-0.3, -0.25) is 0 Å². The number of hydroxylamine groups is 2. The zero-order chi connectivity index (χ0) is 25.6. The first-order valence-electron chi connectivity index (χ1n) is 11.6. The Morgan fingerprint density at radius 2 is 1.46 bits per heavy atom. The summed E-state index contributed by atoms with van der Waals surface area (Å²) < 4.78 is 15.5. The number of nitrogens with two attached hydrogens (primary N) is 1. The van der Waals surface area contributed by atoms with E-state index in [0.29, 0.717) is 29.9 Å². The zero-order valence-corrected chi connectivity index (χ0v) is 20.2. The minimum atomic E-state index is -1.54. The maximum Gasteiger partial charge on any atom is 0.370 e. The fourth-order valence-electron chi connectivity index (χ4n) is 4.01. The van der Waals surface area contributed by atoms with Crippen molar-refractivity contribution >= 4 is 23.5 Å². The second-order valence-corrected chi connectivity index (χ2v) is 7.75. The summed E-state index contributed by atoms with van der Waals surface area (Å²) in [5.74, 6) is -2.06. The lowest BCUT2D eigenvalue weighted by atomic mass is 10.1. The van der Waals surface area contributed by atoms with Crippen molar-refractivity contribution in [3.8, 4) is 11.1 Å². The molecule has 2 aliphatic carbocycles. The van der Waals surface area contributed by atoms with E-state index >= 15 is 0 Å². The standard InChI is InChI=1S/C24H31N3O8/c1-4-33-23(29)20-17-9-7-16(8-10-18(17)21(22(20)25)24(30)34-5-2)15-19(28)27(31,35-6-3)26-11-13-32-14-12-26/h7-10H,4-6,11-15,25H2,1-3H3. The van der Waals surface area contributed by atoms with Gasteiger partial charge in [0, 0.05) is 0 Å². The predicted molar refractivity (Wildman–Crippen MR) is 126 cm³/mol. The van der Waals surface area contributed by atoms with Crippen LogP contribution in [-0.2, 0) is 30.3 Å². The van der Waals surface area contributed by atoms with E-state index in [2.05, 4.69) is 0 Å². The van der Waals surface area contributed by atoms with Crippen LogP contribution in [-0.4, -0.2) is 73.9 Å². The van der Waals surface area contributed by atoms with Crippen LogP contribution in [0.3, 0.4) is 0 Å². The molecule has 1 fully saturated rings. The maximum absolute atomic E-state index is 13.4. The molecule has 1 saturated heterocycles. The molecule has 0 saturated carbocycles. The van der Waals surface area contributed by atoms with Gasteiger partial charge in [0.1, 0.15) is 6.61 Å². The molecule has 190 valence electrons. The Balaban J connectivity index is 2.01. The average Bonchev–Trinajstić information content (AvgIpc) is 2.97. The first kappa shape index (κ1) is 26.5. The number of carbonyl (C=O) groups is 3. The Bertz CT molecular complexity index is 998. The van der Waals surface area contributed by atoms with Crippen LogP contribution in [0.4, 0.5) is 5.69 Å². The molecule has 0 spiro atoms. The predicted octanol–water partition coefficient (Wildman–Crippen LogP) is 2.31. The van der Waals surface area contributed by atoms with Gasteiger partial charge in [0.25, 0.3) is 0 Å². The van der Waals surface area contributed by atoms with E-state index < -0.39 is 22.8 Å². The van der Waals surface area contributed by atoms with Crippen LogP contribution in [0.15, 0.2) is 24.3 Å². The quantitative estimate of drug-likeness (QED) is 0.317. The Kier molecular flexibility index (Phi) is 8.76. The minimum absolute atomic E-state index is 0.0281. The van der Waals surface area contributed by atoms with Crippen molar-refractivity contribution < 1.29 is 38.4 Å². The van der Waals surface area contributed by atoms with Gasteiger partial charge in [-0.05, 0) is 37.5 Å². The van der Waals surface area contributed by atoms with Crippen molar-refractivity contribution in [3.63, 3.8) is 0 Å². The fourth-order valence-corrected chi connectivity index (χ4v) is 4.01. The first-order valence-corrected chi connectivity index (χ1v) is 11.6. The summed E-state index contributed by atoms with van der Waals surface area (Å²) >= 11 is 0. The molecule has 1 aliphatic heterocycles. The molecule has 1 heterocycles. The summed E-state index contributed by atoms with van der Waals surface area (Å²) in [5.41, 5.74) is 7.50. The third-order valence-electron chi connectivity index (χ3n) is 5.59. The molecule has 3 rings (SSSR count). The largest absolute Gasteiger partial charge is 0.570 e. The van der Waals surface area contributed by atoms with Crippen LogP contribution in [0, 0.1) is 5.21 Å². The molecule has 11 nitrogen and oxygen atoms in total. The van der Waals surface area contributed by atoms with Crippen LogP contribution < -0.4 is 5.73 Å². The molecule has 1 amide bonds. The third kappa shape index (κ3) is 5.44. The fraction of sp³-hybridized carbons (Fsp3) is 0.458. The summed E-state index contributed by atoms with van der Waals surface area (Å²) in [6.07, 6.45) is -0.239. The summed E-state index contributed by atoms with van der Waals surface area (Å²) in [6.45, 7) is 6.44. The van der Waals surface area contributed by atoms with Crippen LogP contribution in [0.1, 0.15) is 47.1 Å². The monoisotopic (exact) mass is 489 g/mol. The van der Waals surface area contributed by atoms with Gasteiger partial charge in [0.05, 0.1) is 62.8 Å².